The third-order valence-electron chi connectivity index (χ3n) is 2.28. The number of amides is 1. The molecule has 1 amide bonds. The Balaban J connectivity index is 2.30. The zero-order valence-electron chi connectivity index (χ0n) is 6.99. The van der Waals surface area contributed by atoms with E-state index < -0.39 is 0 Å². The van der Waals surface area contributed by atoms with E-state index in [0.29, 0.717) is 6.54 Å². The first-order valence-corrected chi connectivity index (χ1v) is 4.12. The van der Waals surface area contributed by atoms with Crippen LogP contribution in [0.25, 0.3) is 0 Å². The fourth-order valence-corrected chi connectivity index (χ4v) is 1.48. The summed E-state index contributed by atoms with van der Waals surface area (Å²) in [5, 5.41) is 8.41. The van der Waals surface area contributed by atoms with Gasteiger partial charge in [-0.1, -0.05) is 0 Å². The Bertz CT molecular complexity index is 201. The quantitative estimate of drug-likeness (QED) is 0.574. The van der Waals surface area contributed by atoms with E-state index in [1.165, 1.54) is 0 Å². The first-order valence-electron chi connectivity index (χ1n) is 4.12. The number of hydrogen-bond acceptors (Lipinski definition) is 3. The minimum Gasteiger partial charge on any atom is -0.369 e. The largest absolute Gasteiger partial charge is 0.369 e. The van der Waals surface area contributed by atoms with Crippen molar-refractivity contribution in [1.82, 2.24) is 4.90 Å². The van der Waals surface area contributed by atoms with Crippen LogP contribution in [0, 0.1) is 17.2 Å². The number of carbonyl (C=O) groups excluding carboxylic acids is 1. The Morgan fingerprint density at radius 1 is 1.58 bits per heavy atom. The lowest BCUT2D eigenvalue weighted by Crippen LogP contribution is -2.38. The molecule has 0 saturated carbocycles. The van der Waals surface area contributed by atoms with E-state index >= 15 is 0 Å². The zero-order valence-corrected chi connectivity index (χ0v) is 6.99. The van der Waals surface area contributed by atoms with Gasteiger partial charge in [0.2, 0.25) is 5.91 Å². The van der Waals surface area contributed by atoms with Crippen LogP contribution >= 0.6 is 0 Å². The molecule has 66 valence electrons. The normalized spacial score (nSPS) is 20.2. The molecule has 0 radical (unpaired) electrons. The minimum atomic E-state index is -0.202. The van der Waals surface area contributed by atoms with Gasteiger partial charge in [0.05, 0.1) is 12.6 Å². The molecular weight excluding hydrogens is 154 g/mol. The number of primary amides is 1. The Morgan fingerprint density at radius 2 is 2.17 bits per heavy atom. The summed E-state index contributed by atoms with van der Waals surface area (Å²) < 4.78 is 0. The molecule has 0 aromatic rings. The van der Waals surface area contributed by atoms with Gasteiger partial charge in [-0.2, -0.15) is 5.26 Å². The highest BCUT2D eigenvalue weighted by molar-refractivity contribution is 5.76. The topological polar surface area (TPSA) is 70.1 Å². The highest BCUT2D eigenvalue weighted by Gasteiger charge is 2.22. The third-order valence-corrected chi connectivity index (χ3v) is 2.28. The summed E-state index contributed by atoms with van der Waals surface area (Å²) in [6.45, 7) is 2.10. The predicted molar refractivity (Wildman–Crippen MR) is 44.0 cm³/mol. The summed E-state index contributed by atoms with van der Waals surface area (Å²) in [5.41, 5.74) is 5.16. The summed E-state index contributed by atoms with van der Waals surface area (Å²) in [6.07, 6.45) is 1.61. The molecule has 1 rings (SSSR count). The fraction of sp³-hybridized carbons (Fsp3) is 0.750. The van der Waals surface area contributed by atoms with Crippen LogP contribution in [0.2, 0.25) is 0 Å². The lowest BCUT2D eigenvalue weighted by Gasteiger charge is -2.28. The Labute approximate surface area is 71.9 Å². The molecule has 4 nitrogen and oxygen atoms in total. The highest BCUT2D eigenvalue weighted by atomic mass is 16.1. The molecule has 0 spiro atoms. The van der Waals surface area contributed by atoms with Gasteiger partial charge in [0, 0.05) is 5.92 Å². The smallest absolute Gasteiger partial charge is 0.220 e. The first kappa shape index (κ1) is 9.01. The average molecular weight is 167 g/mol. The number of nitriles is 1. The van der Waals surface area contributed by atoms with E-state index in [4.69, 9.17) is 11.0 Å². The number of rotatable bonds is 2. The highest BCUT2D eigenvalue weighted by Crippen LogP contribution is 2.15. The molecule has 1 aliphatic heterocycles. The Hall–Kier alpha value is -1.08. The lowest BCUT2D eigenvalue weighted by atomic mass is 9.96. The van der Waals surface area contributed by atoms with Gasteiger partial charge >= 0.3 is 0 Å². The van der Waals surface area contributed by atoms with Crippen molar-refractivity contribution < 1.29 is 4.79 Å². The van der Waals surface area contributed by atoms with E-state index in [0.717, 1.165) is 25.9 Å². The van der Waals surface area contributed by atoms with Gasteiger partial charge in [0.25, 0.3) is 0 Å². The van der Waals surface area contributed by atoms with E-state index in [1.807, 2.05) is 4.90 Å². The number of nitrogens with zero attached hydrogens (tertiary/aromatic N) is 2. The predicted octanol–water partition coefficient (Wildman–Crippen LogP) is -0.293. The van der Waals surface area contributed by atoms with Crippen molar-refractivity contribution in [2.45, 2.75) is 12.8 Å². The molecule has 1 aliphatic rings. The van der Waals surface area contributed by atoms with Crippen LogP contribution in [0.4, 0.5) is 0 Å². The van der Waals surface area contributed by atoms with E-state index in [1.54, 1.807) is 0 Å². The van der Waals surface area contributed by atoms with E-state index in [9.17, 15) is 4.79 Å². The number of piperidine rings is 1. The monoisotopic (exact) mass is 167 g/mol. The number of carbonyl (C=O) groups is 1. The van der Waals surface area contributed by atoms with Crippen molar-refractivity contribution in [2.75, 3.05) is 19.6 Å². The second kappa shape index (κ2) is 4.07. The maximum Gasteiger partial charge on any atom is 0.220 e. The molecule has 1 heterocycles. The van der Waals surface area contributed by atoms with Crippen molar-refractivity contribution in [3.63, 3.8) is 0 Å². The van der Waals surface area contributed by atoms with Crippen LogP contribution in [-0.4, -0.2) is 30.4 Å². The molecule has 0 atom stereocenters. The summed E-state index contributed by atoms with van der Waals surface area (Å²) in [5.74, 6) is -0.174. The molecule has 4 heteroatoms. The molecule has 0 aromatic carbocycles. The summed E-state index contributed by atoms with van der Waals surface area (Å²) in [7, 11) is 0. The number of nitrogens with two attached hydrogens (primary N) is 1. The molecular formula is C8H13N3O. The van der Waals surface area contributed by atoms with Gasteiger partial charge in [0.1, 0.15) is 0 Å². The van der Waals surface area contributed by atoms with Gasteiger partial charge in [-0.3, -0.25) is 9.69 Å². The Morgan fingerprint density at radius 3 is 2.58 bits per heavy atom. The van der Waals surface area contributed by atoms with Crippen LogP contribution < -0.4 is 5.73 Å². The maximum absolute atomic E-state index is 10.8. The third kappa shape index (κ3) is 2.21. The first-order chi connectivity index (χ1) is 5.74. The van der Waals surface area contributed by atoms with Gasteiger partial charge in [0.15, 0.2) is 0 Å². The van der Waals surface area contributed by atoms with Crippen LogP contribution in [0.15, 0.2) is 0 Å². The van der Waals surface area contributed by atoms with Crippen molar-refractivity contribution in [1.29, 1.82) is 5.26 Å². The van der Waals surface area contributed by atoms with Crippen molar-refractivity contribution >= 4 is 5.91 Å². The van der Waals surface area contributed by atoms with Crippen LogP contribution in [0.5, 0.6) is 0 Å². The van der Waals surface area contributed by atoms with Crippen LogP contribution in [0.1, 0.15) is 12.8 Å². The van der Waals surface area contributed by atoms with Crippen molar-refractivity contribution in [3.8, 4) is 6.07 Å². The zero-order chi connectivity index (χ0) is 8.97. The van der Waals surface area contributed by atoms with Crippen LogP contribution in [-0.2, 0) is 4.79 Å². The Kier molecular flexibility index (Phi) is 3.06. The summed E-state index contributed by atoms with van der Waals surface area (Å²) in [6, 6.07) is 2.09. The molecule has 12 heavy (non-hydrogen) atoms. The van der Waals surface area contributed by atoms with E-state index in [2.05, 4.69) is 6.07 Å². The number of hydrogen-bond donors (Lipinski definition) is 1. The second-order valence-electron chi connectivity index (χ2n) is 3.11. The van der Waals surface area contributed by atoms with Gasteiger partial charge in [-0.15, -0.1) is 0 Å². The standard InChI is InChI=1S/C8H13N3O/c9-3-6-11-4-1-7(2-5-11)8(10)12/h7H,1-2,4-6H2,(H2,10,12). The molecule has 0 aromatic heterocycles. The van der Waals surface area contributed by atoms with E-state index in [-0.39, 0.29) is 11.8 Å². The molecule has 0 unspecified atom stereocenters. The minimum absolute atomic E-state index is 0.0277. The molecule has 1 saturated heterocycles. The van der Waals surface area contributed by atoms with Gasteiger partial charge < -0.3 is 5.73 Å². The maximum atomic E-state index is 10.8. The lowest BCUT2D eigenvalue weighted by molar-refractivity contribution is -0.123. The second-order valence-corrected chi connectivity index (χ2v) is 3.11. The number of likely N-dealkylation sites (tertiary alicyclic amines) is 1. The molecule has 0 aliphatic carbocycles. The van der Waals surface area contributed by atoms with Crippen molar-refractivity contribution in [3.05, 3.63) is 0 Å². The molecule has 2 N–H and O–H groups in total. The fourth-order valence-electron chi connectivity index (χ4n) is 1.48. The average Bonchev–Trinajstić information content (AvgIpc) is 2.06. The molecule has 1 fully saturated rings. The SMILES string of the molecule is N#CCN1CCC(C(N)=O)CC1. The summed E-state index contributed by atoms with van der Waals surface area (Å²) >= 11 is 0. The molecule has 0 bridgehead atoms. The summed E-state index contributed by atoms with van der Waals surface area (Å²) in [4.78, 5) is 12.8. The van der Waals surface area contributed by atoms with Gasteiger partial charge in [-0.25, -0.2) is 0 Å². The van der Waals surface area contributed by atoms with Crippen molar-refractivity contribution in [2.24, 2.45) is 11.7 Å². The van der Waals surface area contributed by atoms with Crippen LogP contribution in [0.3, 0.4) is 0 Å². The van der Waals surface area contributed by atoms with Gasteiger partial charge in [-0.05, 0) is 25.9 Å².